The Bertz CT molecular complexity index is 1480. The van der Waals surface area contributed by atoms with Gasteiger partial charge in [0.2, 0.25) is 0 Å². The van der Waals surface area contributed by atoms with E-state index in [0.29, 0.717) is 10.6 Å². The molecule has 0 N–H and O–H groups in total. The first-order chi connectivity index (χ1) is 18.9. The van der Waals surface area contributed by atoms with Crippen molar-refractivity contribution in [3.05, 3.63) is 93.8 Å². The lowest BCUT2D eigenvalue weighted by Crippen LogP contribution is -2.35. The molecule has 6 rings (SSSR count). The number of nitrogens with zero attached hydrogens (tertiary/aromatic N) is 3. The number of halogens is 3. The largest absolute Gasteiger partial charge is 0.485 e. The van der Waals surface area contributed by atoms with Crippen LogP contribution in [0.15, 0.2) is 54.6 Å². The van der Waals surface area contributed by atoms with E-state index in [1.165, 1.54) is 17.7 Å². The minimum Gasteiger partial charge on any atom is -0.485 e. The number of imidazole rings is 1. The molecule has 0 amide bonds. The quantitative estimate of drug-likeness (QED) is 0.236. The van der Waals surface area contributed by atoms with Crippen LogP contribution in [0.4, 0.5) is 8.78 Å². The first-order valence-corrected chi connectivity index (χ1v) is 14.0. The first-order valence-electron chi connectivity index (χ1n) is 13.6. The zero-order valence-electron chi connectivity index (χ0n) is 22.0. The van der Waals surface area contributed by atoms with Crippen LogP contribution in [0.1, 0.15) is 47.7 Å². The summed E-state index contributed by atoms with van der Waals surface area (Å²) in [6.45, 7) is 6.20. The van der Waals surface area contributed by atoms with Gasteiger partial charge in [-0.2, -0.15) is 0 Å². The van der Waals surface area contributed by atoms with Gasteiger partial charge in [-0.15, -0.1) is 0 Å². The third kappa shape index (κ3) is 5.67. The molecule has 0 radical (unpaired) electrons. The van der Waals surface area contributed by atoms with Crippen LogP contribution in [0.3, 0.4) is 0 Å². The summed E-state index contributed by atoms with van der Waals surface area (Å²) in [6.07, 6.45) is 3.08. The van der Waals surface area contributed by atoms with E-state index in [1.54, 1.807) is 18.2 Å². The fourth-order valence-electron chi connectivity index (χ4n) is 5.63. The molecule has 1 aromatic heterocycles. The molecule has 2 fully saturated rings. The average molecular weight is 552 g/mol. The lowest BCUT2D eigenvalue weighted by Gasteiger charge is -2.33. The van der Waals surface area contributed by atoms with Crippen molar-refractivity contribution in [2.45, 2.75) is 57.9 Å². The van der Waals surface area contributed by atoms with Crippen molar-refractivity contribution in [3.8, 4) is 5.75 Å². The molecule has 2 saturated heterocycles. The van der Waals surface area contributed by atoms with Crippen LogP contribution < -0.4 is 4.74 Å². The van der Waals surface area contributed by atoms with Crippen LogP contribution in [0.5, 0.6) is 5.75 Å². The van der Waals surface area contributed by atoms with E-state index in [9.17, 15) is 8.78 Å². The number of hydrogen-bond donors (Lipinski definition) is 0. The molecule has 8 heteroatoms. The molecule has 3 aromatic carbocycles. The van der Waals surface area contributed by atoms with Gasteiger partial charge in [0.15, 0.2) is 11.6 Å². The van der Waals surface area contributed by atoms with E-state index in [0.717, 1.165) is 74.5 Å². The summed E-state index contributed by atoms with van der Waals surface area (Å²) < 4.78 is 43.1. The molecule has 4 aromatic rings. The van der Waals surface area contributed by atoms with Crippen molar-refractivity contribution in [2.75, 3.05) is 19.7 Å². The monoisotopic (exact) mass is 551 g/mol. The Morgan fingerprint density at radius 1 is 1.03 bits per heavy atom. The van der Waals surface area contributed by atoms with Crippen LogP contribution in [0, 0.1) is 18.6 Å². The van der Waals surface area contributed by atoms with Crippen LogP contribution >= 0.6 is 11.6 Å². The van der Waals surface area contributed by atoms with Gasteiger partial charge in [0.1, 0.15) is 18.2 Å². The summed E-state index contributed by atoms with van der Waals surface area (Å²) in [7, 11) is 0. The molecule has 0 aliphatic carbocycles. The maximum absolute atomic E-state index is 14.9. The molecule has 2 aliphatic rings. The van der Waals surface area contributed by atoms with Crippen molar-refractivity contribution >= 4 is 22.6 Å². The summed E-state index contributed by atoms with van der Waals surface area (Å²) in [5, 5.41) is 0.316. The van der Waals surface area contributed by atoms with E-state index in [2.05, 4.69) is 34.6 Å². The second-order valence-electron chi connectivity index (χ2n) is 10.6. The Balaban J connectivity index is 1.15. The molecule has 0 bridgehead atoms. The fourth-order valence-corrected chi connectivity index (χ4v) is 5.79. The minimum absolute atomic E-state index is 0.0593. The third-order valence-electron chi connectivity index (χ3n) is 7.94. The normalized spacial score (nSPS) is 18.4. The average Bonchev–Trinajstić information content (AvgIpc) is 3.22. The molecular formula is C31H32ClF2N3O2. The van der Waals surface area contributed by atoms with E-state index in [1.807, 2.05) is 6.07 Å². The Morgan fingerprint density at radius 3 is 2.59 bits per heavy atom. The summed E-state index contributed by atoms with van der Waals surface area (Å²) in [5.41, 5.74) is 4.58. The highest BCUT2D eigenvalue weighted by Crippen LogP contribution is 2.37. The summed E-state index contributed by atoms with van der Waals surface area (Å²) >= 11 is 5.86. The fraction of sp³-hybridized carbons (Fsp3) is 0.387. The number of ether oxygens (including phenoxy) is 2. The molecule has 1 atom stereocenters. The van der Waals surface area contributed by atoms with Crippen molar-refractivity contribution < 1.29 is 18.3 Å². The van der Waals surface area contributed by atoms with Gasteiger partial charge in [0, 0.05) is 22.8 Å². The van der Waals surface area contributed by atoms with Crippen molar-refractivity contribution in [3.63, 3.8) is 0 Å². The van der Waals surface area contributed by atoms with Gasteiger partial charge < -0.3 is 14.0 Å². The lowest BCUT2D eigenvalue weighted by atomic mass is 9.88. The number of benzene rings is 3. The van der Waals surface area contributed by atoms with Gasteiger partial charge in [-0.1, -0.05) is 35.9 Å². The molecule has 39 heavy (non-hydrogen) atoms. The minimum atomic E-state index is -0.459. The number of fused-ring (bicyclic) bond motifs is 1. The Morgan fingerprint density at radius 2 is 1.85 bits per heavy atom. The summed E-state index contributed by atoms with van der Waals surface area (Å²) in [5.74, 6) is 0.546. The number of likely N-dealkylation sites (tertiary alicyclic amines) is 1. The zero-order valence-corrected chi connectivity index (χ0v) is 22.8. The second-order valence-corrected chi connectivity index (χ2v) is 11.1. The molecule has 5 nitrogen and oxygen atoms in total. The van der Waals surface area contributed by atoms with Gasteiger partial charge in [0.25, 0.3) is 0 Å². The van der Waals surface area contributed by atoms with E-state index in [4.69, 9.17) is 26.1 Å². The highest BCUT2D eigenvalue weighted by molar-refractivity contribution is 6.30. The topological polar surface area (TPSA) is 39.5 Å². The molecule has 3 heterocycles. The molecule has 0 unspecified atom stereocenters. The van der Waals surface area contributed by atoms with Gasteiger partial charge in [-0.25, -0.2) is 13.8 Å². The van der Waals surface area contributed by atoms with Gasteiger partial charge in [0.05, 0.1) is 30.2 Å². The number of para-hydroxylation sites is 1. The summed E-state index contributed by atoms with van der Waals surface area (Å²) in [4.78, 5) is 7.41. The maximum Gasteiger partial charge on any atom is 0.165 e. The van der Waals surface area contributed by atoms with Crippen LogP contribution in [-0.4, -0.2) is 40.3 Å². The maximum atomic E-state index is 14.9. The molecule has 0 spiro atoms. The highest BCUT2D eigenvalue weighted by Gasteiger charge is 2.27. The van der Waals surface area contributed by atoms with Crippen molar-refractivity contribution in [1.29, 1.82) is 0 Å². The van der Waals surface area contributed by atoms with Crippen LogP contribution in [0.2, 0.25) is 5.02 Å². The Labute approximate surface area is 232 Å². The van der Waals surface area contributed by atoms with Crippen LogP contribution in [-0.2, 0) is 24.4 Å². The molecule has 204 valence electrons. The first kappa shape index (κ1) is 26.2. The number of aromatic nitrogens is 2. The van der Waals surface area contributed by atoms with Gasteiger partial charge >= 0.3 is 0 Å². The second kappa shape index (κ2) is 11.2. The standard InChI is InChI=1S/C31H32ClF2N3O2/c1-20-5-8-28-29(15-20)37(17-24-11-14-38-24)30(35-28)18-36-12-9-21(10-13-36)25-3-2-4-26(33)31(25)39-19-22-6-7-23(32)16-27(22)34/h2-8,15-16,21,24H,9-14,17-19H2,1H3/t24-/m0/s1. The van der Waals surface area contributed by atoms with Crippen molar-refractivity contribution in [2.24, 2.45) is 0 Å². The number of aryl methyl sites for hydroxylation is 1. The van der Waals surface area contributed by atoms with Crippen molar-refractivity contribution in [1.82, 2.24) is 14.5 Å². The van der Waals surface area contributed by atoms with Crippen LogP contribution in [0.25, 0.3) is 11.0 Å². The predicted molar refractivity (Wildman–Crippen MR) is 148 cm³/mol. The number of rotatable bonds is 8. The SMILES string of the molecule is Cc1ccc2nc(CN3CCC(c4cccc(F)c4OCc4ccc(Cl)cc4F)CC3)n(C[C@@H]3CCO3)c2c1. The van der Waals surface area contributed by atoms with E-state index in [-0.39, 0.29) is 24.4 Å². The van der Waals surface area contributed by atoms with E-state index < -0.39 is 11.6 Å². The van der Waals surface area contributed by atoms with Gasteiger partial charge in [-0.3, -0.25) is 4.90 Å². The Hall–Kier alpha value is -3.00. The highest BCUT2D eigenvalue weighted by atomic mass is 35.5. The van der Waals surface area contributed by atoms with E-state index >= 15 is 0 Å². The zero-order chi connectivity index (χ0) is 26.9. The molecular weight excluding hydrogens is 520 g/mol. The molecule has 2 aliphatic heterocycles. The number of hydrogen-bond acceptors (Lipinski definition) is 4. The number of piperidine rings is 1. The Kier molecular flexibility index (Phi) is 7.56. The third-order valence-corrected chi connectivity index (χ3v) is 8.17. The lowest BCUT2D eigenvalue weighted by molar-refractivity contribution is -0.0592. The predicted octanol–water partition coefficient (Wildman–Crippen LogP) is 7.02. The molecule has 0 saturated carbocycles. The summed E-state index contributed by atoms with van der Waals surface area (Å²) in [6, 6.07) is 15.9. The van der Waals surface area contributed by atoms with Gasteiger partial charge in [-0.05, 0) is 81.1 Å². The smallest absolute Gasteiger partial charge is 0.165 e.